The molecule has 1 heterocycles. The van der Waals surface area contributed by atoms with Gasteiger partial charge in [0.25, 0.3) is 5.88 Å². The molecule has 0 aliphatic carbocycles. The summed E-state index contributed by atoms with van der Waals surface area (Å²) in [5.74, 6) is -0.538. The van der Waals surface area contributed by atoms with Gasteiger partial charge in [0.2, 0.25) is 0 Å². The molecule has 10 heteroatoms. The zero-order valence-corrected chi connectivity index (χ0v) is 9.30. The smallest absolute Gasteiger partial charge is 0.310 e. The zero-order valence-electron chi connectivity index (χ0n) is 8.49. The minimum Gasteiger partial charge on any atom is -0.436 e. The second-order valence-corrected chi connectivity index (χ2v) is 5.76. The molecule has 0 saturated heterocycles. The summed E-state index contributed by atoms with van der Waals surface area (Å²) in [7, 11) is -9.69. The largest absolute Gasteiger partial charge is 0.436 e. The van der Waals surface area contributed by atoms with E-state index in [0.29, 0.717) is 0 Å². The van der Waals surface area contributed by atoms with Crippen LogP contribution < -0.4 is 4.74 Å². The normalized spacial score (nSPS) is 15.8. The summed E-state index contributed by atoms with van der Waals surface area (Å²) in [6.07, 6.45) is 1.09. The van der Waals surface area contributed by atoms with Crippen LogP contribution in [0.2, 0.25) is 0 Å². The fraction of sp³-hybridized carbons (Fsp3) is 0. The fourth-order valence-electron chi connectivity index (χ4n) is 1.14. The molecule has 1 N–H and O–H groups in total. The Balaban J connectivity index is 2.38. The van der Waals surface area contributed by atoms with Crippen LogP contribution in [-0.2, 0) is 0 Å². The van der Waals surface area contributed by atoms with Gasteiger partial charge in [0.1, 0.15) is 16.8 Å². The molecule has 0 amide bonds. The highest BCUT2D eigenvalue weighted by atomic mass is 32.5. The summed E-state index contributed by atoms with van der Waals surface area (Å²) < 4.78 is 67.4. The Hall–Kier alpha value is -1.84. The van der Waals surface area contributed by atoms with Crippen LogP contribution in [0.3, 0.4) is 0 Å². The number of halogens is 5. The van der Waals surface area contributed by atoms with Crippen molar-refractivity contribution in [3.05, 3.63) is 30.5 Å². The molecule has 0 unspecified atom stereocenters. The average Bonchev–Trinajstić information content (AvgIpc) is 2.67. The molecule has 2 aromatic rings. The lowest BCUT2D eigenvalue weighted by atomic mass is 10.3. The lowest BCUT2D eigenvalue weighted by Crippen LogP contribution is -2.05. The van der Waals surface area contributed by atoms with Gasteiger partial charge in [-0.1, -0.05) is 25.5 Å². The van der Waals surface area contributed by atoms with Crippen LogP contribution in [0.4, 0.5) is 19.4 Å². The zero-order chi connectivity index (χ0) is 13.5. The Kier molecular flexibility index (Phi) is 2.19. The SMILES string of the molecule is FS(F)(F)(F)(F)c1cccc(Oc2cn[nH]n2)c1. The maximum Gasteiger partial charge on any atom is 0.310 e. The van der Waals surface area contributed by atoms with Gasteiger partial charge in [0.05, 0.1) is 0 Å². The van der Waals surface area contributed by atoms with Gasteiger partial charge in [0, 0.05) is 6.07 Å². The van der Waals surface area contributed by atoms with Crippen molar-refractivity contribution in [1.29, 1.82) is 0 Å². The summed E-state index contributed by atoms with van der Waals surface area (Å²) in [6, 6.07) is 2.43. The van der Waals surface area contributed by atoms with Crippen LogP contribution in [0.25, 0.3) is 0 Å². The summed E-state index contributed by atoms with van der Waals surface area (Å²) in [5.41, 5.74) is 0. The van der Waals surface area contributed by atoms with Crippen LogP contribution in [0, 0.1) is 0 Å². The molecule has 0 saturated carbocycles. The number of aromatic amines is 1. The first kappa shape index (κ1) is 12.6. The van der Waals surface area contributed by atoms with Crippen molar-refractivity contribution in [2.75, 3.05) is 0 Å². The van der Waals surface area contributed by atoms with E-state index in [0.717, 1.165) is 18.3 Å². The number of aromatic nitrogens is 3. The minimum absolute atomic E-state index is 0.130. The van der Waals surface area contributed by atoms with Gasteiger partial charge in [-0.2, -0.15) is 10.3 Å². The summed E-state index contributed by atoms with van der Waals surface area (Å²) in [5, 5.41) is 8.94. The van der Waals surface area contributed by atoms with E-state index in [1.165, 1.54) is 0 Å². The lowest BCUT2D eigenvalue weighted by molar-refractivity contribution is 0.362. The second kappa shape index (κ2) is 3.13. The third kappa shape index (κ3) is 2.88. The van der Waals surface area contributed by atoms with Crippen LogP contribution >= 0.6 is 10.2 Å². The standard InChI is InChI=1S/C8H6F5N3OS/c9-18(10,11,12,13)7-3-1-2-6(4-7)17-8-5-14-16-15-8/h1-5H,(H,14,15,16). The predicted octanol–water partition coefficient (Wildman–Crippen LogP) is 4.25. The maximum atomic E-state index is 12.5. The third-order valence-electron chi connectivity index (χ3n) is 1.87. The Morgan fingerprint density at radius 1 is 1.11 bits per heavy atom. The topological polar surface area (TPSA) is 50.8 Å². The molecule has 18 heavy (non-hydrogen) atoms. The Morgan fingerprint density at radius 3 is 2.39 bits per heavy atom. The molecule has 1 aromatic carbocycles. The number of benzene rings is 1. The van der Waals surface area contributed by atoms with Crippen LogP contribution in [-0.4, -0.2) is 15.4 Å². The average molecular weight is 287 g/mol. The van der Waals surface area contributed by atoms with Crippen molar-refractivity contribution in [3.8, 4) is 11.6 Å². The van der Waals surface area contributed by atoms with E-state index >= 15 is 0 Å². The molecular formula is C8H6F5N3OS. The summed E-state index contributed by atoms with van der Waals surface area (Å²) in [6.45, 7) is 0. The highest BCUT2D eigenvalue weighted by Crippen LogP contribution is 3.02. The molecule has 4 nitrogen and oxygen atoms in total. The first-order chi connectivity index (χ1) is 8.04. The van der Waals surface area contributed by atoms with E-state index in [1.807, 2.05) is 0 Å². The van der Waals surface area contributed by atoms with Crippen molar-refractivity contribution >= 4 is 10.2 Å². The second-order valence-electron chi connectivity index (χ2n) is 3.35. The quantitative estimate of drug-likeness (QED) is 0.858. The number of ether oxygens (including phenoxy) is 1. The predicted molar refractivity (Wildman–Crippen MR) is 54.3 cm³/mol. The molecule has 0 atom stereocenters. The Bertz CT molecular complexity index is 568. The Morgan fingerprint density at radius 2 is 1.83 bits per heavy atom. The van der Waals surface area contributed by atoms with E-state index in [1.54, 1.807) is 0 Å². The lowest BCUT2D eigenvalue weighted by Gasteiger charge is -2.40. The van der Waals surface area contributed by atoms with E-state index in [2.05, 4.69) is 15.4 Å². The van der Waals surface area contributed by atoms with Crippen molar-refractivity contribution in [1.82, 2.24) is 15.4 Å². The van der Waals surface area contributed by atoms with E-state index in [-0.39, 0.29) is 18.0 Å². The molecule has 0 fully saturated rings. The molecule has 0 spiro atoms. The molecule has 1 aromatic heterocycles. The molecular weight excluding hydrogens is 281 g/mol. The van der Waals surface area contributed by atoms with E-state index in [4.69, 9.17) is 4.74 Å². The van der Waals surface area contributed by atoms with Gasteiger partial charge in [-0.3, -0.25) is 0 Å². The number of rotatable bonds is 3. The Labute approximate surface area is 97.5 Å². The summed E-state index contributed by atoms with van der Waals surface area (Å²) >= 11 is 0. The first-order valence-electron chi connectivity index (χ1n) is 4.42. The summed E-state index contributed by atoms with van der Waals surface area (Å²) in [4.78, 5) is -2.02. The highest BCUT2D eigenvalue weighted by molar-refractivity contribution is 8.45. The number of hydrogen-bond donors (Lipinski definition) is 1. The van der Waals surface area contributed by atoms with E-state index in [9.17, 15) is 19.4 Å². The van der Waals surface area contributed by atoms with Gasteiger partial charge in [-0.25, -0.2) is 0 Å². The molecule has 0 aliphatic rings. The van der Waals surface area contributed by atoms with Gasteiger partial charge >= 0.3 is 10.2 Å². The minimum atomic E-state index is -9.69. The van der Waals surface area contributed by atoms with Crippen LogP contribution in [0.1, 0.15) is 0 Å². The van der Waals surface area contributed by atoms with Crippen molar-refractivity contribution in [2.45, 2.75) is 4.90 Å². The van der Waals surface area contributed by atoms with Crippen molar-refractivity contribution < 1.29 is 24.2 Å². The molecule has 2 rings (SSSR count). The fourth-order valence-corrected chi connectivity index (χ4v) is 1.81. The van der Waals surface area contributed by atoms with E-state index < -0.39 is 20.9 Å². The number of nitrogens with zero attached hydrogens (tertiary/aromatic N) is 2. The van der Waals surface area contributed by atoms with Gasteiger partial charge in [-0.05, 0) is 12.1 Å². The molecule has 0 aliphatic heterocycles. The first-order valence-corrected chi connectivity index (χ1v) is 6.37. The number of H-pyrrole nitrogens is 1. The van der Waals surface area contributed by atoms with Crippen LogP contribution in [0.5, 0.6) is 11.6 Å². The third-order valence-corrected chi connectivity index (χ3v) is 3.01. The highest BCUT2D eigenvalue weighted by Gasteiger charge is 2.65. The molecule has 100 valence electrons. The maximum absolute atomic E-state index is 12.5. The van der Waals surface area contributed by atoms with Crippen molar-refractivity contribution in [3.63, 3.8) is 0 Å². The van der Waals surface area contributed by atoms with Gasteiger partial charge < -0.3 is 4.74 Å². The number of hydrogen-bond acceptors (Lipinski definition) is 3. The van der Waals surface area contributed by atoms with Crippen molar-refractivity contribution in [2.24, 2.45) is 0 Å². The number of nitrogens with one attached hydrogen (secondary N) is 1. The molecule has 0 radical (unpaired) electrons. The van der Waals surface area contributed by atoms with Gasteiger partial charge in [0.15, 0.2) is 0 Å². The monoisotopic (exact) mass is 287 g/mol. The van der Waals surface area contributed by atoms with Crippen LogP contribution in [0.15, 0.2) is 35.4 Å². The molecule has 0 bridgehead atoms. The van der Waals surface area contributed by atoms with Gasteiger partial charge in [-0.15, -0.1) is 5.10 Å².